The summed E-state index contributed by atoms with van der Waals surface area (Å²) in [6, 6.07) is 4.49. The number of methoxy groups -OCH3 is 1. The van der Waals surface area contributed by atoms with E-state index in [-0.39, 0.29) is 18.0 Å². The highest BCUT2D eigenvalue weighted by molar-refractivity contribution is 5.36. The van der Waals surface area contributed by atoms with Gasteiger partial charge in [-0.2, -0.15) is 0 Å². The second-order valence-corrected chi connectivity index (χ2v) is 3.95. The minimum Gasteiger partial charge on any atom is -0.496 e. The molecule has 3 nitrogen and oxygen atoms in total. The number of benzene rings is 1. The average Bonchev–Trinajstić information content (AvgIpc) is 2.77. The molecule has 4 heteroatoms. The van der Waals surface area contributed by atoms with Crippen molar-refractivity contribution in [3.8, 4) is 5.75 Å². The van der Waals surface area contributed by atoms with Crippen LogP contribution in [0.15, 0.2) is 18.2 Å². The summed E-state index contributed by atoms with van der Waals surface area (Å²) in [4.78, 5) is 0. The van der Waals surface area contributed by atoms with Gasteiger partial charge in [-0.05, 0) is 31.0 Å². The van der Waals surface area contributed by atoms with Crippen molar-refractivity contribution in [1.29, 1.82) is 0 Å². The third-order valence-corrected chi connectivity index (χ3v) is 2.91. The van der Waals surface area contributed by atoms with Crippen LogP contribution in [0.4, 0.5) is 4.39 Å². The van der Waals surface area contributed by atoms with Crippen LogP contribution in [0.25, 0.3) is 0 Å². The number of ether oxygens (including phenoxy) is 2. The maximum atomic E-state index is 13.2. The van der Waals surface area contributed by atoms with Gasteiger partial charge in [0.25, 0.3) is 0 Å². The van der Waals surface area contributed by atoms with Gasteiger partial charge in [0.15, 0.2) is 0 Å². The van der Waals surface area contributed by atoms with Gasteiger partial charge in [0.2, 0.25) is 0 Å². The first-order chi connectivity index (χ1) is 7.74. The fourth-order valence-corrected chi connectivity index (χ4v) is 2.06. The minimum atomic E-state index is -0.268. The highest BCUT2D eigenvalue weighted by Crippen LogP contribution is 2.37. The van der Waals surface area contributed by atoms with Gasteiger partial charge in [-0.15, -0.1) is 0 Å². The van der Waals surface area contributed by atoms with Crippen LogP contribution in [0.5, 0.6) is 5.75 Å². The Kier molecular flexibility index (Phi) is 3.41. The predicted molar refractivity (Wildman–Crippen MR) is 58.9 cm³/mol. The summed E-state index contributed by atoms with van der Waals surface area (Å²) < 4.78 is 24.1. The Hall–Kier alpha value is -1.13. The van der Waals surface area contributed by atoms with E-state index in [9.17, 15) is 4.39 Å². The van der Waals surface area contributed by atoms with Gasteiger partial charge in [-0.3, -0.25) is 0 Å². The molecule has 0 bridgehead atoms. The second kappa shape index (κ2) is 4.80. The number of hydrogen-bond acceptors (Lipinski definition) is 3. The lowest BCUT2D eigenvalue weighted by Gasteiger charge is -2.15. The summed E-state index contributed by atoms with van der Waals surface area (Å²) in [6.07, 6.45) is 1.76. The Labute approximate surface area is 94.3 Å². The molecule has 0 radical (unpaired) electrons. The van der Waals surface area contributed by atoms with Gasteiger partial charge in [-0.1, -0.05) is 0 Å². The van der Waals surface area contributed by atoms with E-state index < -0.39 is 0 Å². The Morgan fingerprint density at radius 1 is 1.50 bits per heavy atom. The zero-order valence-electron chi connectivity index (χ0n) is 9.28. The molecular weight excluding hydrogens is 209 g/mol. The van der Waals surface area contributed by atoms with Crippen molar-refractivity contribution < 1.29 is 13.9 Å². The molecule has 0 amide bonds. The predicted octanol–water partition coefficient (Wildman–Crippen LogP) is 2.01. The van der Waals surface area contributed by atoms with Crippen molar-refractivity contribution in [2.45, 2.75) is 25.0 Å². The average molecular weight is 225 g/mol. The standard InChI is InChI=1S/C12H16FNO2/c1-15-11-4-2-8(13)6-10(11)12-5-3-9(7-14)16-12/h2,4,6,9,12H,3,5,7,14H2,1H3. The van der Waals surface area contributed by atoms with E-state index in [1.54, 1.807) is 13.2 Å². The molecule has 88 valence electrons. The summed E-state index contributed by atoms with van der Waals surface area (Å²) in [5, 5.41) is 0. The van der Waals surface area contributed by atoms with Gasteiger partial charge in [0.05, 0.1) is 19.3 Å². The van der Waals surface area contributed by atoms with Crippen LogP contribution < -0.4 is 10.5 Å². The highest BCUT2D eigenvalue weighted by Gasteiger charge is 2.27. The quantitative estimate of drug-likeness (QED) is 0.855. The molecule has 2 atom stereocenters. The van der Waals surface area contributed by atoms with Gasteiger partial charge in [0.1, 0.15) is 11.6 Å². The molecule has 2 N–H and O–H groups in total. The summed E-state index contributed by atoms with van der Waals surface area (Å²) in [7, 11) is 1.58. The smallest absolute Gasteiger partial charge is 0.124 e. The Bertz CT molecular complexity index is 370. The molecule has 1 fully saturated rings. The lowest BCUT2D eigenvalue weighted by Crippen LogP contribution is -2.18. The molecule has 1 heterocycles. The molecule has 16 heavy (non-hydrogen) atoms. The molecule has 1 aromatic carbocycles. The van der Waals surface area contributed by atoms with Crippen LogP contribution in [0.2, 0.25) is 0 Å². The second-order valence-electron chi connectivity index (χ2n) is 3.95. The molecular formula is C12H16FNO2. The number of rotatable bonds is 3. The van der Waals surface area contributed by atoms with Gasteiger partial charge in [0, 0.05) is 12.1 Å². The lowest BCUT2D eigenvalue weighted by molar-refractivity contribution is 0.0483. The van der Waals surface area contributed by atoms with E-state index in [1.807, 2.05) is 0 Å². The maximum Gasteiger partial charge on any atom is 0.124 e. The third kappa shape index (κ3) is 2.18. The van der Waals surface area contributed by atoms with Gasteiger partial charge in [-0.25, -0.2) is 4.39 Å². The summed E-state index contributed by atoms with van der Waals surface area (Å²) in [6.45, 7) is 0.508. The Morgan fingerprint density at radius 3 is 2.94 bits per heavy atom. The Balaban J connectivity index is 2.22. The fourth-order valence-electron chi connectivity index (χ4n) is 2.06. The molecule has 0 aliphatic carbocycles. The molecule has 0 aromatic heterocycles. The Morgan fingerprint density at radius 2 is 2.31 bits per heavy atom. The topological polar surface area (TPSA) is 44.5 Å². The van der Waals surface area contributed by atoms with Crippen molar-refractivity contribution in [2.75, 3.05) is 13.7 Å². The molecule has 2 unspecified atom stereocenters. The van der Waals surface area contributed by atoms with E-state index in [2.05, 4.69) is 0 Å². The molecule has 0 saturated carbocycles. The monoisotopic (exact) mass is 225 g/mol. The van der Waals surface area contributed by atoms with Crippen LogP contribution in [0.3, 0.4) is 0 Å². The van der Waals surface area contributed by atoms with Crippen LogP contribution in [0, 0.1) is 5.82 Å². The summed E-state index contributed by atoms with van der Waals surface area (Å²) in [5.74, 6) is 0.402. The van der Waals surface area contributed by atoms with Crippen molar-refractivity contribution in [3.05, 3.63) is 29.6 Å². The van der Waals surface area contributed by atoms with Crippen molar-refractivity contribution in [3.63, 3.8) is 0 Å². The van der Waals surface area contributed by atoms with E-state index in [0.717, 1.165) is 18.4 Å². The van der Waals surface area contributed by atoms with Crippen LogP contribution in [-0.4, -0.2) is 19.8 Å². The van der Waals surface area contributed by atoms with Crippen LogP contribution >= 0.6 is 0 Å². The zero-order chi connectivity index (χ0) is 11.5. The third-order valence-electron chi connectivity index (χ3n) is 2.91. The first kappa shape index (κ1) is 11.4. The molecule has 0 spiro atoms. The van der Waals surface area contributed by atoms with Crippen LogP contribution in [0.1, 0.15) is 24.5 Å². The minimum absolute atomic E-state index is 0.0815. The summed E-state index contributed by atoms with van der Waals surface area (Å²) in [5.41, 5.74) is 6.32. The van der Waals surface area contributed by atoms with Crippen molar-refractivity contribution >= 4 is 0 Å². The van der Waals surface area contributed by atoms with Crippen LogP contribution in [-0.2, 0) is 4.74 Å². The SMILES string of the molecule is COc1ccc(F)cc1C1CCC(CN)O1. The first-order valence-electron chi connectivity index (χ1n) is 5.43. The lowest BCUT2D eigenvalue weighted by atomic mass is 10.0. The summed E-state index contributed by atoms with van der Waals surface area (Å²) >= 11 is 0. The van der Waals surface area contributed by atoms with Gasteiger partial charge < -0.3 is 15.2 Å². The van der Waals surface area contributed by atoms with Crippen molar-refractivity contribution in [1.82, 2.24) is 0 Å². The number of halogens is 1. The van der Waals surface area contributed by atoms with E-state index in [1.165, 1.54) is 12.1 Å². The number of nitrogens with two attached hydrogens (primary N) is 1. The van der Waals surface area contributed by atoms with E-state index >= 15 is 0 Å². The van der Waals surface area contributed by atoms with E-state index in [4.69, 9.17) is 15.2 Å². The molecule has 1 aliphatic heterocycles. The van der Waals surface area contributed by atoms with Crippen molar-refractivity contribution in [2.24, 2.45) is 5.73 Å². The normalized spacial score (nSPS) is 24.7. The first-order valence-corrected chi connectivity index (χ1v) is 5.43. The fraction of sp³-hybridized carbons (Fsp3) is 0.500. The van der Waals surface area contributed by atoms with Gasteiger partial charge >= 0.3 is 0 Å². The molecule has 1 saturated heterocycles. The molecule has 1 aliphatic rings. The number of hydrogen-bond donors (Lipinski definition) is 1. The molecule has 1 aromatic rings. The zero-order valence-corrected chi connectivity index (χ0v) is 9.28. The maximum absolute atomic E-state index is 13.2. The largest absolute Gasteiger partial charge is 0.496 e. The molecule has 2 rings (SSSR count). The van der Waals surface area contributed by atoms with E-state index in [0.29, 0.717) is 12.3 Å². The highest BCUT2D eigenvalue weighted by atomic mass is 19.1.